The van der Waals surface area contributed by atoms with E-state index in [4.69, 9.17) is 0 Å². The number of carbonyl (C=O) groups is 1. The maximum absolute atomic E-state index is 13.0. The smallest absolute Gasteiger partial charge is 0.258 e. The number of benzene rings is 1. The van der Waals surface area contributed by atoms with Crippen LogP contribution in [0.15, 0.2) is 29.3 Å². The van der Waals surface area contributed by atoms with Crippen molar-refractivity contribution in [1.29, 1.82) is 5.26 Å². The summed E-state index contributed by atoms with van der Waals surface area (Å²) in [6, 6.07) is 7.52. The highest BCUT2D eigenvalue weighted by Crippen LogP contribution is 2.45. The molecule has 2 unspecified atom stereocenters. The number of nitriles is 1. The van der Waals surface area contributed by atoms with Crippen LogP contribution in [0, 0.1) is 22.7 Å². The van der Waals surface area contributed by atoms with Crippen molar-refractivity contribution in [2.24, 2.45) is 11.3 Å². The van der Waals surface area contributed by atoms with Crippen LogP contribution in [0.5, 0.6) is 0 Å². The summed E-state index contributed by atoms with van der Waals surface area (Å²) in [5.41, 5.74) is 0.433. The Morgan fingerprint density at radius 1 is 1.36 bits per heavy atom. The number of aromatic nitrogens is 2. The lowest BCUT2D eigenvalue weighted by Gasteiger charge is -2.24. The monoisotopic (exact) mass is 336 g/mol. The minimum atomic E-state index is -0.390. The van der Waals surface area contributed by atoms with Gasteiger partial charge in [-0.1, -0.05) is 19.3 Å². The van der Waals surface area contributed by atoms with E-state index in [0.717, 1.165) is 25.7 Å². The summed E-state index contributed by atoms with van der Waals surface area (Å²) in [4.78, 5) is 33.2. The molecule has 1 N–H and O–H groups in total. The van der Waals surface area contributed by atoms with E-state index in [9.17, 15) is 14.9 Å². The number of likely N-dealkylation sites (tertiary alicyclic amines) is 1. The molecule has 25 heavy (non-hydrogen) atoms. The van der Waals surface area contributed by atoms with Gasteiger partial charge in [-0.05, 0) is 37.0 Å². The van der Waals surface area contributed by atoms with Crippen LogP contribution < -0.4 is 5.56 Å². The topological polar surface area (TPSA) is 89.9 Å². The Hall–Kier alpha value is -2.68. The molecule has 1 saturated carbocycles. The number of rotatable bonds is 1. The van der Waals surface area contributed by atoms with E-state index in [2.05, 4.69) is 16.0 Å². The summed E-state index contributed by atoms with van der Waals surface area (Å²) in [5.74, 6) is 0.192. The third-order valence-electron chi connectivity index (χ3n) is 5.77. The molecular formula is C19H20N4O2. The molecule has 1 saturated heterocycles. The Labute approximate surface area is 145 Å². The van der Waals surface area contributed by atoms with Gasteiger partial charge in [0.2, 0.25) is 0 Å². The molecule has 2 atom stereocenters. The average molecular weight is 336 g/mol. The molecule has 6 heteroatoms. The van der Waals surface area contributed by atoms with Crippen LogP contribution in [-0.2, 0) is 0 Å². The second kappa shape index (κ2) is 5.99. The van der Waals surface area contributed by atoms with Gasteiger partial charge in [0.1, 0.15) is 0 Å². The minimum absolute atomic E-state index is 0.0771. The standard InChI is InChI=1S/C19H20N4O2/c20-10-19-7-3-1-2-4-14(19)9-23(11-19)18(25)13-5-6-15-16(8-13)21-12-22-17(15)24/h5-6,8,12,14H,1-4,7,9,11H2,(H,21,22,24). The first kappa shape index (κ1) is 15.8. The van der Waals surface area contributed by atoms with Crippen molar-refractivity contribution in [3.63, 3.8) is 0 Å². The number of nitrogens with zero attached hydrogens (tertiary/aromatic N) is 3. The number of aromatic amines is 1. The van der Waals surface area contributed by atoms with Gasteiger partial charge in [0.25, 0.3) is 11.5 Å². The second-order valence-corrected chi connectivity index (χ2v) is 7.21. The van der Waals surface area contributed by atoms with Gasteiger partial charge in [-0.15, -0.1) is 0 Å². The van der Waals surface area contributed by atoms with E-state index >= 15 is 0 Å². The van der Waals surface area contributed by atoms with Crippen LogP contribution in [0.1, 0.15) is 42.5 Å². The van der Waals surface area contributed by atoms with Crippen LogP contribution in [0.3, 0.4) is 0 Å². The van der Waals surface area contributed by atoms with E-state index < -0.39 is 5.41 Å². The Kier molecular flexibility index (Phi) is 3.79. The van der Waals surface area contributed by atoms with Crippen LogP contribution in [0.25, 0.3) is 10.9 Å². The Morgan fingerprint density at radius 3 is 3.08 bits per heavy atom. The van der Waals surface area contributed by atoms with Crippen LogP contribution >= 0.6 is 0 Å². The maximum Gasteiger partial charge on any atom is 0.258 e. The van der Waals surface area contributed by atoms with Gasteiger partial charge in [-0.3, -0.25) is 9.59 Å². The molecule has 0 radical (unpaired) electrons. The number of hydrogen-bond acceptors (Lipinski definition) is 4. The first-order valence-corrected chi connectivity index (χ1v) is 8.81. The van der Waals surface area contributed by atoms with Gasteiger partial charge in [0.05, 0.1) is 28.7 Å². The molecule has 2 aromatic rings. The largest absolute Gasteiger partial charge is 0.337 e. The summed E-state index contributed by atoms with van der Waals surface area (Å²) in [6.07, 6.45) is 6.63. The van der Waals surface area contributed by atoms with Crippen molar-refractivity contribution in [3.8, 4) is 6.07 Å². The zero-order chi connectivity index (χ0) is 17.4. The quantitative estimate of drug-likeness (QED) is 0.866. The summed E-state index contributed by atoms with van der Waals surface area (Å²) in [6.45, 7) is 1.15. The molecule has 6 nitrogen and oxygen atoms in total. The number of H-pyrrole nitrogens is 1. The van der Waals surface area contributed by atoms with Crippen molar-refractivity contribution in [3.05, 3.63) is 40.4 Å². The van der Waals surface area contributed by atoms with Gasteiger partial charge >= 0.3 is 0 Å². The zero-order valence-electron chi connectivity index (χ0n) is 14.0. The third kappa shape index (κ3) is 2.60. The molecule has 2 fully saturated rings. The van der Waals surface area contributed by atoms with Crippen LogP contribution in [-0.4, -0.2) is 33.9 Å². The van der Waals surface area contributed by atoms with E-state index in [0.29, 0.717) is 29.6 Å². The fourth-order valence-corrected chi connectivity index (χ4v) is 4.36. The van der Waals surface area contributed by atoms with Gasteiger partial charge in [0, 0.05) is 18.7 Å². The van der Waals surface area contributed by atoms with Crippen LogP contribution in [0.4, 0.5) is 0 Å². The predicted molar refractivity (Wildman–Crippen MR) is 92.9 cm³/mol. The molecule has 0 spiro atoms. The molecule has 2 heterocycles. The van der Waals surface area contributed by atoms with E-state index in [1.54, 1.807) is 18.2 Å². The van der Waals surface area contributed by atoms with Crippen molar-refractivity contribution in [2.75, 3.05) is 13.1 Å². The Balaban J connectivity index is 1.64. The highest BCUT2D eigenvalue weighted by atomic mass is 16.2. The number of amides is 1. The molecule has 128 valence electrons. The molecule has 1 amide bonds. The lowest BCUT2D eigenvalue weighted by molar-refractivity contribution is 0.0777. The second-order valence-electron chi connectivity index (χ2n) is 7.21. The first-order chi connectivity index (χ1) is 12.1. The van der Waals surface area contributed by atoms with Gasteiger partial charge in [0.15, 0.2) is 0 Å². The highest BCUT2D eigenvalue weighted by Gasteiger charge is 2.48. The predicted octanol–water partition coefficient (Wildman–Crippen LogP) is 2.47. The summed E-state index contributed by atoms with van der Waals surface area (Å²) >= 11 is 0. The number of fused-ring (bicyclic) bond motifs is 2. The number of nitrogens with one attached hydrogen (secondary N) is 1. The minimum Gasteiger partial charge on any atom is -0.337 e. The number of carbonyl (C=O) groups excluding carboxylic acids is 1. The molecular weight excluding hydrogens is 316 g/mol. The normalized spacial score (nSPS) is 26.0. The first-order valence-electron chi connectivity index (χ1n) is 8.81. The third-order valence-corrected chi connectivity index (χ3v) is 5.77. The van der Waals surface area contributed by atoms with Crippen molar-refractivity contribution in [1.82, 2.24) is 14.9 Å². The van der Waals surface area contributed by atoms with Gasteiger partial charge in [-0.2, -0.15) is 5.26 Å². The van der Waals surface area contributed by atoms with E-state index in [1.165, 1.54) is 12.7 Å². The number of hydrogen-bond donors (Lipinski definition) is 1. The van der Waals surface area contributed by atoms with E-state index in [1.807, 2.05) is 4.90 Å². The molecule has 2 aliphatic rings. The van der Waals surface area contributed by atoms with Gasteiger partial charge in [-0.25, -0.2) is 4.98 Å². The molecule has 1 aromatic carbocycles. The summed E-state index contributed by atoms with van der Waals surface area (Å²) in [7, 11) is 0. The SMILES string of the molecule is N#CC12CCCCCC1CN(C(=O)c1ccc3c(=O)[nH]cnc3c1)C2. The zero-order valence-corrected chi connectivity index (χ0v) is 14.0. The molecule has 1 aliphatic carbocycles. The molecule has 1 aromatic heterocycles. The fourth-order valence-electron chi connectivity index (χ4n) is 4.36. The van der Waals surface area contributed by atoms with Crippen molar-refractivity contribution >= 4 is 16.8 Å². The maximum atomic E-state index is 13.0. The molecule has 4 rings (SSSR count). The fraction of sp³-hybridized carbons (Fsp3) is 0.474. The van der Waals surface area contributed by atoms with E-state index in [-0.39, 0.29) is 17.4 Å². The van der Waals surface area contributed by atoms with Crippen molar-refractivity contribution in [2.45, 2.75) is 32.1 Å². The highest BCUT2D eigenvalue weighted by molar-refractivity contribution is 5.97. The molecule has 1 aliphatic heterocycles. The Morgan fingerprint density at radius 2 is 2.24 bits per heavy atom. The summed E-state index contributed by atoms with van der Waals surface area (Å²) in [5, 5.41) is 10.3. The Bertz CT molecular complexity index is 929. The lowest BCUT2D eigenvalue weighted by Crippen LogP contribution is -2.32. The summed E-state index contributed by atoms with van der Waals surface area (Å²) < 4.78 is 0. The van der Waals surface area contributed by atoms with Crippen molar-refractivity contribution < 1.29 is 4.79 Å². The lowest BCUT2D eigenvalue weighted by atomic mass is 9.76. The van der Waals surface area contributed by atoms with Crippen LogP contribution in [0.2, 0.25) is 0 Å². The molecule has 0 bridgehead atoms. The van der Waals surface area contributed by atoms with Gasteiger partial charge < -0.3 is 9.88 Å². The average Bonchev–Trinajstić information content (AvgIpc) is 2.88.